The summed E-state index contributed by atoms with van der Waals surface area (Å²) < 4.78 is 1.19. The number of rotatable bonds is 8. The van der Waals surface area contributed by atoms with Gasteiger partial charge in [-0.3, -0.25) is 0 Å². The molecule has 0 aliphatic rings. The molecule has 276 valence electrons. The van der Waals surface area contributed by atoms with Crippen LogP contribution in [0, 0.1) is 13.8 Å². The number of fused-ring (bicyclic) bond motifs is 3. The maximum atomic E-state index is 6.48. The van der Waals surface area contributed by atoms with Gasteiger partial charge < -0.3 is 0 Å². The van der Waals surface area contributed by atoms with Gasteiger partial charge in [0.2, 0.25) is 0 Å². The number of hydrogen-bond acceptors (Lipinski definition) is 0. The average molecular weight is 811 g/mol. The van der Waals surface area contributed by atoms with Crippen LogP contribution in [0.15, 0.2) is 109 Å². The number of aryl methyl sites for hydroxylation is 4. The molecule has 0 saturated carbocycles. The Hall–Kier alpha value is -2.57. The van der Waals surface area contributed by atoms with Crippen molar-refractivity contribution in [3.63, 3.8) is 0 Å². The zero-order valence-corrected chi connectivity index (χ0v) is 37.4. The minimum Gasteiger partial charge on any atom is -0.214 e. The Morgan fingerprint density at radius 3 is 1.27 bits per heavy atom. The van der Waals surface area contributed by atoms with Crippen molar-refractivity contribution in [1.82, 2.24) is 0 Å². The summed E-state index contributed by atoms with van der Waals surface area (Å²) in [6.45, 7) is 22.7. The Labute approximate surface area is 330 Å². The quantitative estimate of drug-likeness (QED) is 0.134. The van der Waals surface area contributed by atoms with E-state index in [-0.39, 0.29) is 10.8 Å². The second kappa shape index (κ2) is 19.2. The molecule has 6 aromatic carbocycles. The molecule has 0 atom stereocenters. The Bertz CT molecular complexity index is 1880. The first-order valence-corrected chi connectivity index (χ1v) is 26.8. The molecule has 0 nitrogen and oxygen atoms in total. The molecule has 0 spiro atoms. The third-order valence-electron chi connectivity index (χ3n) is 9.88. The van der Waals surface area contributed by atoms with E-state index in [2.05, 4.69) is 148 Å². The van der Waals surface area contributed by atoms with Crippen molar-refractivity contribution >= 4 is 41.8 Å². The van der Waals surface area contributed by atoms with Gasteiger partial charge in [0.05, 0.1) is 0 Å². The van der Waals surface area contributed by atoms with Gasteiger partial charge in [-0.15, -0.1) is 39.7 Å². The average Bonchev–Trinajstić information content (AvgIpc) is 3.78. The first-order valence-electron chi connectivity index (χ1n) is 19.2. The molecule has 52 heavy (non-hydrogen) atoms. The summed E-state index contributed by atoms with van der Waals surface area (Å²) in [4.78, 5) is 0. The van der Waals surface area contributed by atoms with Crippen molar-refractivity contribution in [2.24, 2.45) is 0 Å². The second-order valence-corrected chi connectivity index (χ2v) is 24.5. The van der Waals surface area contributed by atoms with Crippen LogP contribution >= 0.6 is 17.0 Å². The van der Waals surface area contributed by atoms with Crippen LogP contribution in [0.25, 0.3) is 21.5 Å². The van der Waals surface area contributed by atoms with Gasteiger partial charge in [-0.05, 0) is 24.7 Å². The molecular weight excluding hydrogens is 751 g/mol. The van der Waals surface area contributed by atoms with Crippen LogP contribution in [0.3, 0.4) is 0 Å². The van der Waals surface area contributed by atoms with Gasteiger partial charge in [-0.25, -0.2) is 12.1 Å². The molecule has 0 aliphatic carbocycles. The molecule has 6 rings (SSSR count). The molecule has 0 unspecified atom stereocenters. The van der Waals surface area contributed by atoms with E-state index >= 15 is 0 Å². The Kier molecular flexibility index (Phi) is 15.5. The first-order chi connectivity index (χ1) is 24.6. The van der Waals surface area contributed by atoms with E-state index in [0.29, 0.717) is 0 Å². The Morgan fingerprint density at radius 1 is 0.596 bits per heavy atom. The van der Waals surface area contributed by atoms with Crippen LogP contribution in [0.5, 0.6) is 0 Å². The van der Waals surface area contributed by atoms with Crippen molar-refractivity contribution in [1.29, 1.82) is 0 Å². The molecule has 0 N–H and O–H groups in total. The summed E-state index contributed by atoms with van der Waals surface area (Å²) in [6, 6.07) is 39.6. The first kappa shape index (κ1) is 42.2. The summed E-state index contributed by atoms with van der Waals surface area (Å²) in [6.07, 6.45) is 7.22. The molecule has 0 amide bonds. The zero-order valence-electron chi connectivity index (χ0n) is 33.4. The van der Waals surface area contributed by atoms with Crippen molar-refractivity contribution in [3.05, 3.63) is 154 Å². The van der Waals surface area contributed by atoms with Crippen molar-refractivity contribution in [3.8, 4) is 0 Å². The summed E-state index contributed by atoms with van der Waals surface area (Å²) in [5, 5.41) is 5.55. The monoisotopic (exact) mass is 808 g/mol. The van der Waals surface area contributed by atoms with Crippen LogP contribution in [-0.2, 0) is 42.6 Å². The van der Waals surface area contributed by atoms with Gasteiger partial charge in [0, 0.05) is 0 Å². The number of unbranched alkanes of at least 4 members (excludes halogenated alkanes) is 2. The molecule has 0 heterocycles. The smallest absolute Gasteiger partial charge is 0.0142 e. The zero-order chi connectivity index (χ0) is 38.1. The van der Waals surface area contributed by atoms with Crippen LogP contribution in [0.2, 0.25) is 0 Å². The third-order valence-corrected chi connectivity index (χ3v) is 14.5. The number of halogens is 2. The third kappa shape index (κ3) is 11.5. The molecule has 3 heteroatoms. The molecule has 0 saturated heterocycles. The number of hydrogen-bond donors (Lipinski definition) is 0. The van der Waals surface area contributed by atoms with E-state index in [1.54, 1.807) is 0 Å². The fraction of sp³-hybridized carbons (Fsp3) is 0.367. The standard InChI is InChI=1S/C23H29.C21H26.C5H5.2ClH.Zr/c1-14-9-16-11-17-10-15(2)21(23(6,7)8)13-19(17)18(16)12-20(14)22(3,4)5;1-3-5-7-18-9-13-20(14-10-18)17-21-15-11-19(12-16-21)8-6-4-2;1-2-4-5-3-1;;;/h9-13H,1-8H3;9-16H,3-8H2,1-2H3;1-5H;2*1H;/q-1;;-1;;;+2/p-2. The van der Waals surface area contributed by atoms with Gasteiger partial charge in [0.1, 0.15) is 0 Å². The van der Waals surface area contributed by atoms with Crippen LogP contribution in [-0.4, -0.2) is 3.21 Å². The topological polar surface area (TPSA) is 0 Å². The van der Waals surface area contributed by atoms with Gasteiger partial charge >= 0.3 is 162 Å². The normalized spacial score (nSPS) is 11.5. The van der Waals surface area contributed by atoms with Gasteiger partial charge in [-0.1, -0.05) is 75.9 Å². The van der Waals surface area contributed by atoms with Gasteiger partial charge in [0.25, 0.3) is 0 Å². The fourth-order valence-corrected chi connectivity index (χ4v) is 11.6. The minimum atomic E-state index is -2.54. The molecule has 0 radical (unpaired) electrons. The Morgan fingerprint density at radius 2 is 0.981 bits per heavy atom. The van der Waals surface area contributed by atoms with Gasteiger partial charge in [0.15, 0.2) is 0 Å². The predicted molar refractivity (Wildman–Crippen MR) is 231 cm³/mol. The van der Waals surface area contributed by atoms with E-state index in [1.165, 1.54) is 94.9 Å². The van der Waals surface area contributed by atoms with Crippen LogP contribution < -0.4 is 0 Å². The fourth-order valence-electron chi connectivity index (χ4n) is 7.09. The molecule has 0 aliphatic heterocycles. The molecule has 0 bridgehead atoms. The van der Waals surface area contributed by atoms with E-state index in [4.69, 9.17) is 17.0 Å². The van der Waals surface area contributed by atoms with Crippen molar-refractivity contribution in [2.45, 2.75) is 119 Å². The molecule has 0 fully saturated rings. The van der Waals surface area contributed by atoms with Crippen LogP contribution in [0.4, 0.5) is 0 Å². The summed E-state index contributed by atoms with van der Waals surface area (Å²) in [5.41, 5.74) is 11.2. The van der Waals surface area contributed by atoms with Crippen molar-refractivity contribution < 1.29 is 18.9 Å². The maximum absolute atomic E-state index is 6.48. The predicted octanol–water partition coefficient (Wildman–Crippen LogP) is 15.2. The van der Waals surface area contributed by atoms with E-state index < -0.39 is 18.9 Å². The van der Waals surface area contributed by atoms with Crippen molar-refractivity contribution in [2.75, 3.05) is 0 Å². The Balaban J connectivity index is 0.000000205. The molecule has 6 aromatic rings. The summed E-state index contributed by atoms with van der Waals surface area (Å²) in [5.74, 6) is 0. The molecular formula is C49H60Cl2Zr-2. The maximum Gasteiger partial charge on any atom is -0.0142 e. The van der Waals surface area contributed by atoms with E-state index in [9.17, 15) is 0 Å². The summed E-state index contributed by atoms with van der Waals surface area (Å²) in [7, 11) is 13.0. The van der Waals surface area contributed by atoms with E-state index in [1.807, 2.05) is 30.3 Å². The van der Waals surface area contributed by atoms with Crippen LogP contribution in [0.1, 0.15) is 126 Å². The SMILES string of the molecule is CCCCc1ccc([C](c2ccc(CCCC)cc2)=[Zr]([Cl])[Cl])cc1.Cc1cc2[cH-]c3cc(C)c(C(C)(C)C)cc3c2cc1C(C)(C)C.c1cc[cH-]c1. The molecule has 0 aromatic heterocycles. The van der Waals surface area contributed by atoms with Gasteiger partial charge in [-0.2, -0.15) is 18.2 Å². The minimum absolute atomic E-state index is 0.180. The van der Waals surface area contributed by atoms with E-state index in [0.717, 1.165) is 12.8 Å². The summed E-state index contributed by atoms with van der Waals surface area (Å²) >= 11 is -2.54. The largest absolute Gasteiger partial charge is 0.214 e. The second-order valence-electron chi connectivity index (χ2n) is 16.4. The number of benzene rings is 4.